The fraction of sp³-hybridized carbons (Fsp3) is 0.700. The number of aliphatic carboxylic acids is 1. The SMILES string of the molecule is C[Si](C)(C)C/C=C/[C@H]1C[C@H]1C(=O)O. The summed E-state index contributed by atoms with van der Waals surface area (Å²) in [5.41, 5.74) is 0. The van der Waals surface area contributed by atoms with Gasteiger partial charge in [0.25, 0.3) is 0 Å². The summed E-state index contributed by atoms with van der Waals surface area (Å²) >= 11 is 0. The average molecular weight is 198 g/mol. The second kappa shape index (κ2) is 3.66. The zero-order valence-electron chi connectivity index (χ0n) is 8.58. The first-order valence-corrected chi connectivity index (χ1v) is 8.50. The minimum atomic E-state index is -0.980. The molecule has 1 aliphatic carbocycles. The van der Waals surface area contributed by atoms with Crippen molar-refractivity contribution in [2.45, 2.75) is 32.1 Å². The van der Waals surface area contributed by atoms with E-state index in [1.165, 1.54) is 0 Å². The van der Waals surface area contributed by atoms with Crippen molar-refractivity contribution in [3.63, 3.8) is 0 Å². The number of carboxylic acid groups (broad SMARTS) is 1. The molecule has 2 nitrogen and oxygen atoms in total. The van der Waals surface area contributed by atoms with Crippen LogP contribution >= 0.6 is 0 Å². The first-order chi connectivity index (χ1) is 5.90. The van der Waals surface area contributed by atoms with Crippen LogP contribution in [0.5, 0.6) is 0 Å². The summed E-state index contributed by atoms with van der Waals surface area (Å²) in [6.07, 6.45) is 5.12. The lowest BCUT2D eigenvalue weighted by Gasteiger charge is -2.11. The molecule has 1 N–H and O–H groups in total. The highest BCUT2D eigenvalue weighted by Crippen LogP contribution is 2.39. The molecule has 0 amide bonds. The standard InChI is InChI=1S/C10H18O2Si/c1-13(2,3)6-4-5-8-7-9(8)10(11)12/h4-5,8-9H,6-7H2,1-3H3,(H,11,12)/b5-4+/t8-,9+/m0/s1. The Morgan fingerprint density at radius 2 is 2.15 bits per heavy atom. The van der Waals surface area contributed by atoms with Crippen LogP contribution in [0.2, 0.25) is 25.7 Å². The Labute approximate surface area is 80.7 Å². The van der Waals surface area contributed by atoms with Crippen molar-refractivity contribution in [3.8, 4) is 0 Å². The molecule has 0 aromatic carbocycles. The van der Waals surface area contributed by atoms with Gasteiger partial charge in [-0.25, -0.2) is 0 Å². The maximum atomic E-state index is 10.5. The van der Waals surface area contributed by atoms with Crippen molar-refractivity contribution in [2.75, 3.05) is 0 Å². The fourth-order valence-electron chi connectivity index (χ4n) is 1.31. The van der Waals surface area contributed by atoms with E-state index < -0.39 is 14.0 Å². The van der Waals surface area contributed by atoms with Crippen molar-refractivity contribution in [1.82, 2.24) is 0 Å². The number of rotatable bonds is 4. The molecule has 0 saturated heterocycles. The minimum Gasteiger partial charge on any atom is -0.481 e. The third-order valence-corrected chi connectivity index (χ3v) is 3.73. The molecule has 0 aliphatic heterocycles. The van der Waals surface area contributed by atoms with E-state index in [0.717, 1.165) is 12.5 Å². The Kier molecular flexibility index (Phi) is 2.96. The Morgan fingerprint density at radius 1 is 1.54 bits per heavy atom. The Bertz CT molecular complexity index is 228. The van der Waals surface area contributed by atoms with Crippen molar-refractivity contribution in [2.24, 2.45) is 11.8 Å². The maximum Gasteiger partial charge on any atom is 0.307 e. The quantitative estimate of drug-likeness (QED) is 0.557. The third kappa shape index (κ3) is 3.76. The summed E-state index contributed by atoms with van der Waals surface area (Å²) in [4.78, 5) is 10.5. The van der Waals surface area contributed by atoms with Crippen molar-refractivity contribution < 1.29 is 9.90 Å². The van der Waals surface area contributed by atoms with Crippen LogP contribution in [0.15, 0.2) is 12.2 Å². The van der Waals surface area contributed by atoms with Crippen LogP contribution in [-0.4, -0.2) is 19.1 Å². The van der Waals surface area contributed by atoms with Gasteiger partial charge in [-0.15, -0.1) is 0 Å². The summed E-state index contributed by atoms with van der Waals surface area (Å²) in [7, 11) is -0.980. The van der Waals surface area contributed by atoms with Crippen LogP contribution in [-0.2, 0) is 4.79 Å². The van der Waals surface area contributed by atoms with Gasteiger partial charge in [0.1, 0.15) is 0 Å². The van der Waals surface area contributed by atoms with E-state index in [1.807, 2.05) is 0 Å². The van der Waals surface area contributed by atoms with Crippen LogP contribution < -0.4 is 0 Å². The van der Waals surface area contributed by atoms with E-state index in [-0.39, 0.29) is 5.92 Å². The van der Waals surface area contributed by atoms with E-state index in [0.29, 0.717) is 5.92 Å². The lowest BCUT2D eigenvalue weighted by Crippen LogP contribution is -2.17. The van der Waals surface area contributed by atoms with Crippen LogP contribution in [0.3, 0.4) is 0 Å². The molecule has 3 heteroatoms. The van der Waals surface area contributed by atoms with Gasteiger partial charge in [-0.2, -0.15) is 0 Å². The largest absolute Gasteiger partial charge is 0.481 e. The predicted molar refractivity (Wildman–Crippen MR) is 56.5 cm³/mol. The second-order valence-electron chi connectivity index (χ2n) is 5.04. The second-order valence-corrected chi connectivity index (χ2v) is 10.6. The van der Waals surface area contributed by atoms with E-state index in [2.05, 4.69) is 31.8 Å². The van der Waals surface area contributed by atoms with E-state index in [4.69, 9.17) is 5.11 Å². The summed E-state index contributed by atoms with van der Waals surface area (Å²) in [6.45, 7) is 6.96. The van der Waals surface area contributed by atoms with Crippen LogP contribution in [0, 0.1) is 11.8 Å². The molecule has 0 unspecified atom stereocenters. The predicted octanol–water partition coefficient (Wildman–Crippen LogP) is 2.60. The number of hydrogen-bond acceptors (Lipinski definition) is 1. The summed E-state index contributed by atoms with van der Waals surface area (Å²) in [5.74, 6) is -0.394. The zero-order valence-corrected chi connectivity index (χ0v) is 9.58. The number of carbonyl (C=O) groups is 1. The Morgan fingerprint density at radius 3 is 2.54 bits per heavy atom. The monoisotopic (exact) mass is 198 g/mol. The molecule has 13 heavy (non-hydrogen) atoms. The molecule has 1 rings (SSSR count). The summed E-state index contributed by atoms with van der Waals surface area (Å²) in [5, 5.41) is 8.66. The molecule has 2 atom stereocenters. The molecule has 0 aromatic heterocycles. The topological polar surface area (TPSA) is 37.3 Å². The highest BCUT2D eigenvalue weighted by molar-refractivity contribution is 6.76. The smallest absolute Gasteiger partial charge is 0.307 e. The molecular weight excluding hydrogens is 180 g/mol. The van der Waals surface area contributed by atoms with Gasteiger partial charge in [0.2, 0.25) is 0 Å². The number of allylic oxidation sites excluding steroid dienone is 2. The van der Waals surface area contributed by atoms with Gasteiger partial charge in [0, 0.05) is 8.07 Å². The van der Waals surface area contributed by atoms with Gasteiger partial charge in [0.05, 0.1) is 5.92 Å². The van der Waals surface area contributed by atoms with E-state index in [1.54, 1.807) is 0 Å². The van der Waals surface area contributed by atoms with Gasteiger partial charge < -0.3 is 5.11 Å². The van der Waals surface area contributed by atoms with E-state index in [9.17, 15) is 4.79 Å². The fourth-order valence-corrected chi connectivity index (χ4v) is 2.15. The van der Waals surface area contributed by atoms with Gasteiger partial charge in [-0.1, -0.05) is 31.8 Å². The van der Waals surface area contributed by atoms with Gasteiger partial charge >= 0.3 is 5.97 Å². The highest BCUT2D eigenvalue weighted by Gasteiger charge is 2.40. The molecule has 1 aliphatic rings. The number of hydrogen-bond donors (Lipinski definition) is 1. The van der Waals surface area contributed by atoms with Crippen molar-refractivity contribution in [1.29, 1.82) is 0 Å². The van der Waals surface area contributed by atoms with Gasteiger partial charge in [-0.3, -0.25) is 4.79 Å². The first-order valence-electron chi connectivity index (χ1n) is 4.79. The molecule has 0 heterocycles. The normalized spacial score (nSPS) is 27.9. The summed E-state index contributed by atoms with van der Waals surface area (Å²) < 4.78 is 0. The van der Waals surface area contributed by atoms with Gasteiger partial charge in [-0.05, 0) is 18.4 Å². The molecule has 1 fully saturated rings. The third-order valence-electron chi connectivity index (χ3n) is 2.27. The lowest BCUT2D eigenvalue weighted by molar-refractivity contribution is -0.138. The molecular formula is C10H18O2Si. The summed E-state index contributed by atoms with van der Waals surface area (Å²) in [6, 6.07) is 1.16. The molecule has 0 spiro atoms. The Hall–Kier alpha value is -0.573. The van der Waals surface area contributed by atoms with Gasteiger partial charge in [0.15, 0.2) is 0 Å². The molecule has 0 bridgehead atoms. The lowest BCUT2D eigenvalue weighted by atomic mass is 10.3. The maximum absolute atomic E-state index is 10.5. The minimum absolute atomic E-state index is 0.0853. The van der Waals surface area contributed by atoms with Crippen molar-refractivity contribution in [3.05, 3.63) is 12.2 Å². The highest BCUT2D eigenvalue weighted by atomic mass is 28.3. The molecule has 0 aromatic rings. The van der Waals surface area contributed by atoms with Crippen molar-refractivity contribution >= 4 is 14.0 Å². The van der Waals surface area contributed by atoms with Crippen LogP contribution in [0.4, 0.5) is 0 Å². The molecule has 1 saturated carbocycles. The molecule has 74 valence electrons. The number of carboxylic acids is 1. The average Bonchev–Trinajstić information content (AvgIpc) is 2.63. The van der Waals surface area contributed by atoms with E-state index >= 15 is 0 Å². The molecule has 0 radical (unpaired) electrons. The van der Waals surface area contributed by atoms with Crippen LogP contribution in [0.1, 0.15) is 6.42 Å². The first kappa shape index (κ1) is 10.5. The zero-order chi connectivity index (χ0) is 10.1. The van der Waals surface area contributed by atoms with Crippen LogP contribution in [0.25, 0.3) is 0 Å². The Balaban J connectivity index is 2.25.